The largest absolute Gasteiger partial charge is 0.493 e. The molecular weight excluding hydrogens is 380 g/mol. The fourth-order valence-electron chi connectivity index (χ4n) is 3.05. The first-order valence-electron chi connectivity index (χ1n) is 9.82. The minimum Gasteiger partial charge on any atom is -0.493 e. The van der Waals surface area contributed by atoms with Crippen LogP contribution >= 0.6 is 0 Å². The molecule has 0 aliphatic heterocycles. The second-order valence-corrected chi connectivity index (χ2v) is 6.47. The van der Waals surface area contributed by atoms with Crippen molar-refractivity contribution in [3.05, 3.63) is 89.0 Å². The van der Waals surface area contributed by atoms with E-state index in [1.165, 1.54) is 4.57 Å². The van der Waals surface area contributed by atoms with Crippen LogP contribution in [0.15, 0.2) is 71.9 Å². The Bertz CT molecular complexity index is 1130. The Morgan fingerprint density at radius 2 is 1.40 bits per heavy atom. The Morgan fingerprint density at radius 1 is 0.833 bits per heavy atom. The summed E-state index contributed by atoms with van der Waals surface area (Å²) in [5, 5.41) is 0. The van der Waals surface area contributed by atoms with Crippen LogP contribution in [-0.2, 0) is 0 Å². The molecule has 0 aliphatic rings. The molecule has 154 valence electrons. The van der Waals surface area contributed by atoms with Crippen LogP contribution in [0.5, 0.6) is 11.5 Å². The van der Waals surface area contributed by atoms with Gasteiger partial charge in [-0.1, -0.05) is 30.3 Å². The van der Waals surface area contributed by atoms with Gasteiger partial charge in [0.05, 0.1) is 24.3 Å². The second-order valence-electron chi connectivity index (χ2n) is 6.47. The summed E-state index contributed by atoms with van der Waals surface area (Å²) in [6.07, 6.45) is 1.60. The first kappa shape index (κ1) is 21.0. The van der Waals surface area contributed by atoms with Gasteiger partial charge >= 0.3 is 0 Å². The highest BCUT2D eigenvalue weighted by atomic mass is 16.5. The number of hydrogen-bond donors (Lipinski definition) is 0. The first-order valence-corrected chi connectivity index (χ1v) is 9.82. The highest BCUT2D eigenvalue weighted by Gasteiger charge is 2.17. The SMILES string of the molecule is CCOc1ccccc1C(=O)N=c1c(C)cccn1C(=O)c1ccccc1OCC. The van der Waals surface area contributed by atoms with Crippen molar-refractivity contribution in [1.82, 2.24) is 4.57 Å². The molecule has 0 bridgehead atoms. The molecule has 6 heteroatoms. The predicted octanol–water partition coefficient (Wildman–Crippen LogP) is 4.02. The number of benzene rings is 2. The molecule has 1 heterocycles. The summed E-state index contributed by atoms with van der Waals surface area (Å²) in [6.45, 7) is 6.38. The van der Waals surface area contributed by atoms with Crippen LogP contribution in [0.2, 0.25) is 0 Å². The van der Waals surface area contributed by atoms with Crippen LogP contribution in [0.4, 0.5) is 0 Å². The van der Waals surface area contributed by atoms with E-state index >= 15 is 0 Å². The van der Waals surface area contributed by atoms with Gasteiger partial charge in [0.25, 0.3) is 11.8 Å². The highest BCUT2D eigenvalue weighted by molar-refractivity contribution is 5.99. The molecule has 0 N–H and O–H groups in total. The van der Waals surface area contributed by atoms with E-state index in [2.05, 4.69) is 4.99 Å². The number of amides is 1. The molecule has 0 fully saturated rings. The zero-order chi connectivity index (χ0) is 21.5. The maximum atomic E-state index is 13.3. The van der Waals surface area contributed by atoms with E-state index < -0.39 is 5.91 Å². The van der Waals surface area contributed by atoms with E-state index in [9.17, 15) is 9.59 Å². The van der Waals surface area contributed by atoms with Gasteiger partial charge in [0.2, 0.25) is 0 Å². The number of hydrogen-bond acceptors (Lipinski definition) is 4. The molecular formula is C24H24N2O4. The summed E-state index contributed by atoms with van der Waals surface area (Å²) in [5.41, 5.74) is 1.71. The van der Waals surface area contributed by atoms with Gasteiger partial charge < -0.3 is 9.47 Å². The summed E-state index contributed by atoms with van der Waals surface area (Å²) in [7, 11) is 0. The van der Waals surface area contributed by atoms with Crippen molar-refractivity contribution in [3.8, 4) is 11.5 Å². The smallest absolute Gasteiger partial charge is 0.282 e. The van der Waals surface area contributed by atoms with Gasteiger partial charge in [-0.25, -0.2) is 0 Å². The van der Waals surface area contributed by atoms with Gasteiger partial charge in [-0.3, -0.25) is 14.2 Å². The molecule has 1 amide bonds. The van der Waals surface area contributed by atoms with Crippen molar-refractivity contribution in [2.75, 3.05) is 13.2 Å². The van der Waals surface area contributed by atoms with Crippen LogP contribution in [0.25, 0.3) is 0 Å². The van der Waals surface area contributed by atoms with E-state index in [4.69, 9.17) is 9.47 Å². The van der Waals surface area contributed by atoms with Crippen molar-refractivity contribution in [2.24, 2.45) is 4.99 Å². The van der Waals surface area contributed by atoms with Crippen LogP contribution in [0.1, 0.15) is 40.1 Å². The lowest BCUT2D eigenvalue weighted by molar-refractivity contribution is 0.0949. The topological polar surface area (TPSA) is 69.9 Å². The molecule has 2 aromatic carbocycles. The molecule has 3 aromatic rings. The average molecular weight is 404 g/mol. The average Bonchev–Trinajstić information content (AvgIpc) is 2.76. The molecule has 0 saturated carbocycles. The van der Waals surface area contributed by atoms with Crippen LogP contribution < -0.4 is 15.0 Å². The van der Waals surface area contributed by atoms with E-state index in [0.29, 0.717) is 41.4 Å². The fourth-order valence-corrected chi connectivity index (χ4v) is 3.05. The molecule has 6 nitrogen and oxygen atoms in total. The lowest BCUT2D eigenvalue weighted by Crippen LogP contribution is -2.30. The van der Waals surface area contributed by atoms with Crippen LogP contribution in [0, 0.1) is 6.92 Å². The van der Waals surface area contributed by atoms with Gasteiger partial charge in [0, 0.05) is 6.20 Å². The maximum absolute atomic E-state index is 13.3. The summed E-state index contributed by atoms with van der Waals surface area (Å²) in [5.74, 6) is 0.139. The summed E-state index contributed by atoms with van der Waals surface area (Å²) in [6, 6.07) is 17.5. The Kier molecular flexibility index (Phi) is 6.80. The van der Waals surface area contributed by atoms with Crippen molar-refractivity contribution in [3.63, 3.8) is 0 Å². The number of aromatic nitrogens is 1. The highest BCUT2D eigenvalue weighted by Crippen LogP contribution is 2.20. The Morgan fingerprint density at radius 3 is 2.03 bits per heavy atom. The Hall–Kier alpha value is -3.67. The number of ether oxygens (including phenoxy) is 2. The number of aryl methyl sites for hydroxylation is 1. The summed E-state index contributed by atoms with van der Waals surface area (Å²) < 4.78 is 12.5. The normalized spacial score (nSPS) is 11.2. The van der Waals surface area contributed by atoms with E-state index in [-0.39, 0.29) is 11.4 Å². The standard InChI is InChI=1S/C24H24N2O4/c1-4-29-20-14-8-6-12-18(20)23(27)25-22-17(3)11-10-16-26(22)24(28)19-13-7-9-15-21(19)30-5-2/h6-16H,4-5H2,1-3H3. The third-order valence-corrected chi connectivity index (χ3v) is 4.42. The Labute approximate surface area is 175 Å². The van der Waals surface area contributed by atoms with Crippen LogP contribution in [0.3, 0.4) is 0 Å². The molecule has 0 atom stereocenters. The number of carbonyl (C=O) groups is 2. The molecule has 0 spiro atoms. The van der Waals surface area contributed by atoms with Gasteiger partial charge in [0.1, 0.15) is 17.0 Å². The molecule has 0 radical (unpaired) electrons. The monoisotopic (exact) mass is 404 g/mol. The minimum absolute atomic E-state index is 0.269. The van der Waals surface area contributed by atoms with E-state index in [1.54, 1.807) is 67.7 Å². The zero-order valence-electron chi connectivity index (χ0n) is 17.3. The number of rotatable bonds is 6. The maximum Gasteiger partial charge on any atom is 0.282 e. The minimum atomic E-state index is -0.479. The number of pyridine rings is 1. The second kappa shape index (κ2) is 9.69. The van der Waals surface area contributed by atoms with Gasteiger partial charge in [0.15, 0.2) is 0 Å². The van der Waals surface area contributed by atoms with E-state index in [1.807, 2.05) is 19.9 Å². The zero-order valence-corrected chi connectivity index (χ0v) is 17.3. The summed E-state index contributed by atoms with van der Waals surface area (Å²) >= 11 is 0. The molecule has 30 heavy (non-hydrogen) atoms. The van der Waals surface area contributed by atoms with Crippen LogP contribution in [-0.4, -0.2) is 29.6 Å². The van der Waals surface area contributed by atoms with Gasteiger partial charge in [-0.15, -0.1) is 0 Å². The number of nitrogens with zero attached hydrogens (tertiary/aromatic N) is 2. The quantitative estimate of drug-likeness (QED) is 0.622. The van der Waals surface area contributed by atoms with Crippen molar-refractivity contribution >= 4 is 11.8 Å². The molecule has 0 saturated heterocycles. The first-order chi connectivity index (χ1) is 14.6. The third kappa shape index (κ3) is 4.49. The molecule has 0 unspecified atom stereocenters. The van der Waals surface area contributed by atoms with Gasteiger partial charge in [-0.2, -0.15) is 4.99 Å². The molecule has 1 aromatic heterocycles. The number of para-hydroxylation sites is 2. The van der Waals surface area contributed by atoms with Gasteiger partial charge in [-0.05, 0) is 56.7 Å². The molecule has 0 aliphatic carbocycles. The van der Waals surface area contributed by atoms with Crippen molar-refractivity contribution in [1.29, 1.82) is 0 Å². The summed E-state index contributed by atoms with van der Waals surface area (Å²) in [4.78, 5) is 30.5. The van der Waals surface area contributed by atoms with Crippen molar-refractivity contribution in [2.45, 2.75) is 20.8 Å². The molecule has 3 rings (SSSR count). The predicted molar refractivity (Wildman–Crippen MR) is 114 cm³/mol. The lowest BCUT2D eigenvalue weighted by Gasteiger charge is -2.12. The van der Waals surface area contributed by atoms with Crippen molar-refractivity contribution < 1.29 is 19.1 Å². The third-order valence-electron chi connectivity index (χ3n) is 4.42. The lowest BCUT2D eigenvalue weighted by atomic mass is 10.1. The Balaban J connectivity index is 2.11. The van der Waals surface area contributed by atoms with E-state index in [0.717, 1.165) is 0 Å². The number of carbonyl (C=O) groups excluding carboxylic acids is 2. The fraction of sp³-hybridized carbons (Fsp3) is 0.208.